The topological polar surface area (TPSA) is 130 Å². The highest BCUT2D eigenvalue weighted by Gasteiger charge is 2.33. The molecule has 43 heavy (non-hydrogen) atoms. The summed E-state index contributed by atoms with van der Waals surface area (Å²) >= 11 is 12.3. The van der Waals surface area contributed by atoms with Crippen molar-refractivity contribution in [1.82, 2.24) is 10.2 Å². The predicted molar refractivity (Wildman–Crippen MR) is 166 cm³/mol. The number of nitro benzene ring substituents is 1. The fourth-order valence-corrected chi connectivity index (χ4v) is 6.73. The largest absolute Gasteiger partial charge is 0.352 e. The molecule has 1 saturated carbocycles. The average molecular weight is 648 g/mol. The summed E-state index contributed by atoms with van der Waals surface area (Å²) in [7, 11) is -4.29. The van der Waals surface area contributed by atoms with Gasteiger partial charge in [0.15, 0.2) is 0 Å². The summed E-state index contributed by atoms with van der Waals surface area (Å²) in [4.78, 5) is 39.3. The maximum Gasteiger partial charge on any atom is 0.269 e. The first kappa shape index (κ1) is 32.2. The van der Waals surface area contributed by atoms with Gasteiger partial charge in [0.25, 0.3) is 15.7 Å². The van der Waals surface area contributed by atoms with Gasteiger partial charge in [-0.2, -0.15) is 0 Å². The third-order valence-electron chi connectivity index (χ3n) is 7.41. The number of sulfonamides is 1. The van der Waals surface area contributed by atoms with Gasteiger partial charge >= 0.3 is 0 Å². The van der Waals surface area contributed by atoms with Gasteiger partial charge in [-0.1, -0.05) is 66.7 Å². The number of halogens is 2. The Morgan fingerprint density at radius 1 is 0.977 bits per heavy atom. The molecule has 3 aromatic rings. The van der Waals surface area contributed by atoms with Crippen LogP contribution in [0.15, 0.2) is 77.7 Å². The van der Waals surface area contributed by atoms with Crippen LogP contribution in [0.3, 0.4) is 0 Å². The molecular formula is C30H32Cl2N4O6S. The van der Waals surface area contributed by atoms with Crippen molar-refractivity contribution in [1.29, 1.82) is 0 Å². The van der Waals surface area contributed by atoms with Crippen molar-refractivity contribution < 1.29 is 22.9 Å². The van der Waals surface area contributed by atoms with E-state index in [1.807, 2.05) is 0 Å². The number of hydrogen-bond donors (Lipinski definition) is 1. The lowest BCUT2D eigenvalue weighted by Crippen LogP contribution is -2.53. The van der Waals surface area contributed by atoms with Gasteiger partial charge in [-0.05, 0) is 61.7 Å². The minimum absolute atomic E-state index is 0.000643. The van der Waals surface area contributed by atoms with E-state index in [2.05, 4.69) is 5.32 Å². The number of anilines is 1. The molecule has 4 rings (SSSR count). The normalized spacial score (nSPS) is 14.5. The van der Waals surface area contributed by atoms with Crippen LogP contribution in [-0.2, 0) is 26.2 Å². The van der Waals surface area contributed by atoms with Crippen molar-refractivity contribution in [2.45, 2.75) is 62.6 Å². The number of non-ortho nitro benzene ring substituents is 1. The van der Waals surface area contributed by atoms with Gasteiger partial charge in [0.05, 0.1) is 25.6 Å². The van der Waals surface area contributed by atoms with E-state index in [9.17, 15) is 28.1 Å². The molecule has 0 bridgehead atoms. The van der Waals surface area contributed by atoms with Crippen LogP contribution in [-0.4, -0.2) is 48.7 Å². The Hall–Kier alpha value is -3.67. The van der Waals surface area contributed by atoms with E-state index < -0.39 is 33.4 Å². The number of nitrogens with zero attached hydrogens (tertiary/aromatic N) is 3. The SMILES string of the molecule is C[C@@H](C(=O)NC1CCCCC1)N(Cc1ccc(Cl)c(Cl)c1)C(=O)CN(c1ccc([N+](=O)[O-])cc1)S(=O)(=O)c1ccccc1. The third kappa shape index (κ3) is 8.04. The highest BCUT2D eigenvalue weighted by molar-refractivity contribution is 7.92. The summed E-state index contributed by atoms with van der Waals surface area (Å²) in [5.41, 5.74) is 0.408. The van der Waals surface area contributed by atoms with E-state index in [0.717, 1.165) is 36.4 Å². The van der Waals surface area contributed by atoms with Gasteiger partial charge in [0.2, 0.25) is 11.8 Å². The first-order valence-electron chi connectivity index (χ1n) is 13.8. The van der Waals surface area contributed by atoms with Crippen LogP contribution in [0.25, 0.3) is 0 Å². The summed E-state index contributed by atoms with van der Waals surface area (Å²) in [5, 5.41) is 14.9. The molecule has 0 spiro atoms. The Labute approximate surface area is 260 Å². The molecule has 13 heteroatoms. The van der Waals surface area contributed by atoms with Crippen LogP contribution >= 0.6 is 23.2 Å². The molecule has 1 fully saturated rings. The summed E-state index contributed by atoms with van der Waals surface area (Å²) < 4.78 is 28.5. The van der Waals surface area contributed by atoms with Crippen LogP contribution in [0.1, 0.15) is 44.6 Å². The highest BCUT2D eigenvalue weighted by atomic mass is 35.5. The molecule has 10 nitrogen and oxygen atoms in total. The van der Waals surface area contributed by atoms with Crippen molar-refractivity contribution >= 4 is 56.4 Å². The molecule has 228 valence electrons. The fourth-order valence-electron chi connectivity index (χ4n) is 4.98. The average Bonchev–Trinajstić information content (AvgIpc) is 3.00. The molecule has 1 aliphatic rings. The van der Waals surface area contributed by atoms with Crippen molar-refractivity contribution in [3.05, 3.63) is 98.5 Å². The van der Waals surface area contributed by atoms with Crippen LogP contribution in [0, 0.1) is 10.1 Å². The second-order valence-electron chi connectivity index (χ2n) is 10.4. The number of nitrogens with one attached hydrogen (secondary N) is 1. The van der Waals surface area contributed by atoms with Crippen LogP contribution < -0.4 is 9.62 Å². The highest BCUT2D eigenvalue weighted by Crippen LogP contribution is 2.28. The predicted octanol–water partition coefficient (Wildman–Crippen LogP) is 5.96. The molecule has 0 radical (unpaired) electrons. The summed E-state index contributed by atoms with van der Waals surface area (Å²) in [5.74, 6) is -1.01. The van der Waals surface area contributed by atoms with Gasteiger partial charge in [0.1, 0.15) is 12.6 Å². The van der Waals surface area contributed by atoms with Crippen molar-refractivity contribution in [2.75, 3.05) is 10.8 Å². The van der Waals surface area contributed by atoms with Crippen molar-refractivity contribution in [3.63, 3.8) is 0 Å². The zero-order chi connectivity index (χ0) is 31.1. The number of carbonyl (C=O) groups excluding carboxylic acids is 2. The number of nitro groups is 1. The van der Waals surface area contributed by atoms with Gasteiger partial charge in [0, 0.05) is 24.7 Å². The van der Waals surface area contributed by atoms with Gasteiger partial charge in [-0.3, -0.25) is 24.0 Å². The Balaban J connectivity index is 1.69. The van der Waals surface area contributed by atoms with Crippen LogP contribution in [0.5, 0.6) is 0 Å². The first-order chi connectivity index (χ1) is 20.5. The van der Waals surface area contributed by atoms with E-state index in [1.165, 1.54) is 41.3 Å². The first-order valence-corrected chi connectivity index (χ1v) is 16.0. The number of amides is 2. The lowest BCUT2D eigenvalue weighted by atomic mass is 9.95. The van der Waals surface area contributed by atoms with E-state index in [0.29, 0.717) is 10.6 Å². The molecular weight excluding hydrogens is 615 g/mol. The van der Waals surface area contributed by atoms with E-state index in [4.69, 9.17) is 23.2 Å². The molecule has 0 aromatic heterocycles. The molecule has 0 unspecified atom stereocenters. The molecule has 1 atom stereocenters. The lowest BCUT2D eigenvalue weighted by Gasteiger charge is -2.33. The minimum atomic E-state index is -4.29. The third-order valence-corrected chi connectivity index (χ3v) is 9.94. The quantitative estimate of drug-likeness (QED) is 0.202. The van der Waals surface area contributed by atoms with E-state index in [1.54, 1.807) is 43.3 Å². The van der Waals surface area contributed by atoms with E-state index in [-0.39, 0.29) is 39.8 Å². The Morgan fingerprint density at radius 2 is 1.63 bits per heavy atom. The lowest BCUT2D eigenvalue weighted by molar-refractivity contribution is -0.384. The fraction of sp³-hybridized carbons (Fsp3) is 0.333. The second kappa shape index (κ2) is 14.2. The zero-order valence-electron chi connectivity index (χ0n) is 23.5. The number of hydrogen-bond acceptors (Lipinski definition) is 6. The van der Waals surface area contributed by atoms with Crippen LogP contribution in [0.4, 0.5) is 11.4 Å². The molecule has 2 amide bonds. The van der Waals surface area contributed by atoms with Crippen LogP contribution in [0.2, 0.25) is 10.0 Å². The standard InChI is InChI=1S/C30H32Cl2N4O6S/c1-21(30(38)33-23-8-4-2-5-9-23)34(19-22-12-17-27(31)28(32)18-22)29(37)20-35(24-13-15-25(16-14-24)36(39)40)43(41,42)26-10-6-3-7-11-26/h3,6-7,10-18,21,23H,2,4-5,8-9,19-20H2,1H3,(H,33,38)/t21-/m0/s1. The van der Waals surface area contributed by atoms with Gasteiger partial charge in [-0.25, -0.2) is 8.42 Å². The summed E-state index contributed by atoms with van der Waals surface area (Å²) in [6, 6.07) is 16.3. The van der Waals surface area contributed by atoms with Gasteiger partial charge in [-0.15, -0.1) is 0 Å². The molecule has 0 aliphatic heterocycles. The van der Waals surface area contributed by atoms with Gasteiger partial charge < -0.3 is 10.2 Å². The summed E-state index contributed by atoms with van der Waals surface area (Å²) in [6.07, 6.45) is 4.82. The smallest absolute Gasteiger partial charge is 0.269 e. The minimum Gasteiger partial charge on any atom is -0.352 e. The Bertz CT molecular complexity index is 1570. The Kier molecular flexibility index (Phi) is 10.6. The maximum atomic E-state index is 14.0. The monoisotopic (exact) mass is 646 g/mol. The number of benzene rings is 3. The van der Waals surface area contributed by atoms with E-state index >= 15 is 0 Å². The van der Waals surface area contributed by atoms with Crippen molar-refractivity contribution in [3.8, 4) is 0 Å². The molecule has 1 aliphatic carbocycles. The molecule has 3 aromatic carbocycles. The zero-order valence-corrected chi connectivity index (χ0v) is 25.8. The maximum absolute atomic E-state index is 14.0. The number of rotatable bonds is 11. The van der Waals surface area contributed by atoms with Crippen molar-refractivity contribution in [2.24, 2.45) is 0 Å². The molecule has 0 saturated heterocycles. The molecule has 1 N–H and O–H groups in total. The summed E-state index contributed by atoms with van der Waals surface area (Å²) in [6.45, 7) is 0.876. The Morgan fingerprint density at radius 3 is 2.23 bits per heavy atom. The second-order valence-corrected chi connectivity index (χ2v) is 13.1. The molecule has 0 heterocycles. The number of carbonyl (C=O) groups is 2.